The highest BCUT2D eigenvalue weighted by atomic mass is 16.5. The van der Waals surface area contributed by atoms with Crippen LogP contribution < -0.4 is 15.1 Å². The Morgan fingerprint density at radius 1 is 1.22 bits per heavy atom. The molecule has 0 bridgehead atoms. The SMILES string of the molecule is COc1c2oc(=O)ccc2cc2c(OCC3CCCC3)coc12. The summed E-state index contributed by atoms with van der Waals surface area (Å²) in [6.07, 6.45) is 6.63. The van der Waals surface area contributed by atoms with Crippen molar-refractivity contribution in [3.8, 4) is 11.5 Å². The van der Waals surface area contributed by atoms with E-state index in [9.17, 15) is 4.79 Å². The van der Waals surface area contributed by atoms with Gasteiger partial charge in [0.15, 0.2) is 16.9 Å². The summed E-state index contributed by atoms with van der Waals surface area (Å²) in [6.45, 7) is 0.707. The minimum Gasteiger partial charge on any atom is -0.490 e. The van der Waals surface area contributed by atoms with Crippen molar-refractivity contribution in [1.82, 2.24) is 0 Å². The van der Waals surface area contributed by atoms with E-state index in [0.717, 1.165) is 10.8 Å². The van der Waals surface area contributed by atoms with Gasteiger partial charge in [0.25, 0.3) is 0 Å². The summed E-state index contributed by atoms with van der Waals surface area (Å²) in [5.41, 5.74) is 0.513. The van der Waals surface area contributed by atoms with Crippen LogP contribution in [-0.2, 0) is 0 Å². The second-order valence-electron chi connectivity index (χ2n) is 6.02. The molecule has 1 aliphatic rings. The van der Waals surface area contributed by atoms with Crippen molar-refractivity contribution < 1.29 is 18.3 Å². The molecule has 4 rings (SSSR count). The molecule has 1 fully saturated rings. The van der Waals surface area contributed by atoms with Crippen LogP contribution >= 0.6 is 0 Å². The molecule has 0 unspecified atom stereocenters. The van der Waals surface area contributed by atoms with Crippen molar-refractivity contribution >= 4 is 21.9 Å². The highest BCUT2D eigenvalue weighted by Gasteiger charge is 2.20. The minimum absolute atomic E-state index is 0.393. The van der Waals surface area contributed by atoms with E-state index in [1.807, 2.05) is 6.07 Å². The van der Waals surface area contributed by atoms with Gasteiger partial charge < -0.3 is 18.3 Å². The predicted molar refractivity (Wildman–Crippen MR) is 86.3 cm³/mol. The van der Waals surface area contributed by atoms with E-state index in [1.165, 1.54) is 38.9 Å². The molecule has 0 atom stereocenters. The first-order valence-electron chi connectivity index (χ1n) is 7.91. The number of methoxy groups -OCH3 is 1. The summed E-state index contributed by atoms with van der Waals surface area (Å²) in [5, 5.41) is 1.61. The van der Waals surface area contributed by atoms with Gasteiger partial charge in [-0.25, -0.2) is 4.79 Å². The predicted octanol–water partition coefficient (Wildman–Crippen LogP) is 4.12. The molecule has 1 aliphatic carbocycles. The number of fused-ring (bicyclic) bond motifs is 2. The first kappa shape index (κ1) is 14.2. The average Bonchev–Trinajstić information content (AvgIpc) is 3.20. The van der Waals surface area contributed by atoms with Gasteiger partial charge in [-0.05, 0) is 30.9 Å². The van der Waals surface area contributed by atoms with Crippen molar-refractivity contribution in [2.75, 3.05) is 13.7 Å². The van der Waals surface area contributed by atoms with Gasteiger partial charge in [0.05, 0.1) is 19.1 Å². The van der Waals surface area contributed by atoms with Gasteiger partial charge in [0, 0.05) is 11.5 Å². The van der Waals surface area contributed by atoms with E-state index >= 15 is 0 Å². The van der Waals surface area contributed by atoms with E-state index in [1.54, 1.807) is 12.3 Å². The molecule has 1 aromatic carbocycles. The van der Waals surface area contributed by atoms with Crippen LogP contribution in [-0.4, -0.2) is 13.7 Å². The zero-order chi connectivity index (χ0) is 15.8. The number of ether oxygens (including phenoxy) is 2. The topological polar surface area (TPSA) is 61.8 Å². The molecule has 0 saturated heterocycles. The van der Waals surface area contributed by atoms with E-state index in [0.29, 0.717) is 35.2 Å². The van der Waals surface area contributed by atoms with Gasteiger partial charge >= 0.3 is 5.63 Å². The molecule has 0 spiro atoms. The fourth-order valence-electron chi connectivity index (χ4n) is 3.32. The quantitative estimate of drug-likeness (QED) is 0.678. The maximum Gasteiger partial charge on any atom is 0.336 e. The Bertz CT molecular complexity index is 899. The van der Waals surface area contributed by atoms with E-state index < -0.39 is 5.63 Å². The fraction of sp³-hybridized carbons (Fsp3) is 0.389. The molecule has 0 radical (unpaired) electrons. The van der Waals surface area contributed by atoms with Gasteiger partial charge in [-0.15, -0.1) is 0 Å². The monoisotopic (exact) mass is 314 g/mol. The normalized spacial score (nSPS) is 15.5. The summed E-state index contributed by atoms with van der Waals surface area (Å²) in [7, 11) is 1.53. The van der Waals surface area contributed by atoms with Crippen LogP contribution in [0.15, 0.2) is 38.1 Å². The molecule has 5 heteroatoms. The Hall–Kier alpha value is -2.43. The minimum atomic E-state index is -0.417. The molecule has 0 N–H and O–H groups in total. The smallest absolute Gasteiger partial charge is 0.336 e. The Kier molecular flexibility index (Phi) is 3.48. The van der Waals surface area contributed by atoms with Crippen LogP contribution in [0.1, 0.15) is 25.7 Å². The molecule has 1 saturated carbocycles. The van der Waals surface area contributed by atoms with Gasteiger partial charge in [-0.2, -0.15) is 0 Å². The number of rotatable bonds is 4. The largest absolute Gasteiger partial charge is 0.490 e. The van der Waals surface area contributed by atoms with Crippen LogP contribution in [0.2, 0.25) is 0 Å². The zero-order valence-electron chi connectivity index (χ0n) is 13.0. The van der Waals surface area contributed by atoms with Crippen molar-refractivity contribution in [3.63, 3.8) is 0 Å². The summed E-state index contributed by atoms with van der Waals surface area (Å²) in [6, 6.07) is 5.02. The molecular formula is C18H18O5. The van der Waals surface area contributed by atoms with E-state index in [-0.39, 0.29) is 0 Å². The lowest BCUT2D eigenvalue weighted by molar-refractivity contribution is 0.252. The molecule has 3 aromatic rings. The van der Waals surface area contributed by atoms with Crippen LogP contribution in [0, 0.1) is 5.92 Å². The third-order valence-electron chi connectivity index (χ3n) is 4.52. The molecule has 120 valence electrons. The van der Waals surface area contributed by atoms with Crippen LogP contribution in [0.3, 0.4) is 0 Å². The Morgan fingerprint density at radius 2 is 2.04 bits per heavy atom. The maximum atomic E-state index is 11.5. The number of hydrogen-bond donors (Lipinski definition) is 0. The number of furan rings is 1. The Morgan fingerprint density at radius 3 is 2.83 bits per heavy atom. The molecular weight excluding hydrogens is 296 g/mol. The molecule has 2 heterocycles. The second-order valence-corrected chi connectivity index (χ2v) is 6.02. The van der Waals surface area contributed by atoms with Gasteiger partial charge in [0.2, 0.25) is 5.75 Å². The average molecular weight is 314 g/mol. The lowest BCUT2D eigenvalue weighted by Crippen LogP contribution is -2.07. The van der Waals surface area contributed by atoms with Crippen LogP contribution in [0.25, 0.3) is 21.9 Å². The third kappa shape index (κ3) is 2.46. The van der Waals surface area contributed by atoms with Crippen LogP contribution in [0.5, 0.6) is 11.5 Å². The standard InChI is InChI=1S/C18H18O5/c1-20-18-16-12(6-7-15(19)23-16)8-13-14(10-22-17(13)18)21-9-11-4-2-3-5-11/h6-8,10-11H,2-5,9H2,1H3. The summed E-state index contributed by atoms with van der Waals surface area (Å²) < 4.78 is 22.3. The first-order chi connectivity index (χ1) is 11.3. The molecule has 2 aromatic heterocycles. The van der Waals surface area contributed by atoms with Crippen molar-refractivity contribution in [2.45, 2.75) is 25.7 Å². The lowest BCUT2D eigenvalue weighted by atomic mass is 10.1. The maximum absolute atomic E-state index is 11.5. The zero-order valence-corrected chi connectivity index (χ0v) is 13.0. The fourth-order valence-corrected chi connectivity index (χ4v) is 3.32. The summed E-state index contributed by atoms with van der Waals surface area (Å²) in [5.74, 6) is 1.75. The first-order valence-corrected chi connectivity index (χ1v) is 7.91. The number of benzene rings is 1. The second kappa shape index (κ2) is 5.65. The van der Waals surface area contributed by atoms with Gasteiger partial charge in [0.1, 0.15) is 6.26 Å². The summed E-state index contributed by atoms with van der Waals surface area (Å²) >= 11 is 0. The molecule has 23 heavy (non-hydrogen) atoms. The van der Waals surface area contributed by atoms with Crippen molar-refractivity contribution in [2.24, 2.45) is 5.92 Å². The van der Waals surface area contributed by atoms with E-state index in [2.05, 4.69) is 0 Å². The molecule has 0 aliphatic heterocycles. The molecule has 0 amide bonds. The number of hydrogen-bond acceptors (Lipinski definition) is 5. The Balaban J connectivity index is 1.78. The van der Waals surface area contributed by atoms with Crippen LogP contribution in [0.4, 0.5) is 0 Å². The lowest BCUT2D eigenvalue weighted by Gasteiger charge is -2.10. The van der Waals surface area contributed by atoms with Gasteiger partial charge in [-0.3, -0.25) is 0 Å². The van der Waals surface area contributed by atoms with E-state index in [4.69, 9.17) is 18.3 Å². The van der Waals surface area contributed by atoms with Crippen molar-refractivity contribution in [1.29, 1.82) is 0 Å². The third-order valence-corrected chi connectivity index (χ3v) is 4.52. The summed E-state index contributed by atoms with van der Waals surface area (Å²) in [4.78, 5) is 11.5. The highest BCUT2D eigenvalue weighted by molar-refractivity contribution is 6.02. The Labute approximate surface area is 132 Å². The van der Waals surface area contributed by atoms with Gasteiger partial charge in [-0.1, -0.05) is 12.8 Å². The van der Waals surface area contributed by atoms with Crippen molar-refractivity contribution in [3.05, 3.63) is 34.9 Å². The molecule has 5 nitrogen and oxygen atoms in total. The highest BCUT2D eigenvalue weighted by Crippen LogP contribution is 2.40.